The van der Waals surface area contributed by atoms with Gasteiger partial charge in [0.15, 0.2) is 0 Å². The fraction of sp³-hybridized carbons (Fsp3) is 0.583. The van der Waals surface area contributed by atoms with E-state index in [1.54, 1.807) is 13.0 Å². The van der Waals surface area contributed by atoms with Gasteiger partial charge in [-0.15, -0.1) is 0 Å². The minimum absolute atomic E-state index is 0.00263. The third-order valence-electron chi connectivity index (χ3n) is 3.41. The molecule has 1 N–H and O–H groups in total. The van der Waals surface area contributed by atoms with Crippen molar-refractivity contribution in [3.63, 3.8) is 0 Å². The van der Waals surface area contributed by atoms with Crippen LogP contribution in [-0.4, -0.2) is 34.2 Å². The standard InChI is InChI=1S/C12H17N3O3/c1-9(16)10-3-2-6-14(8-10)12-5-4-11(7-13-12)15(17)18/h4-5,7,9-10,16H,2-3,6,8H2,1H3. The van der Waals surface area contributed by atoms with Crippen molar-refractivity contribution < 1.29 is 10.0 Å². The van der Waals surface area contributed by atoms with Crippen molar-refractivity contribution in [1.29, 1.82) is 0 Å². The highest BCUT2D eigenvalue weighted by Gasteiger charge is 2.24. The van der Waals surface area contributed by atoms with Crippen LogP contribution in [0.2, 0.25) is 0 Å². The van der Waals surface area contributed by atoms with Gasteiger partial charge in [0.25, 0.3) is 5.69 Å². The molecule has 18 heavy (non-hydrogen) atoms. The topological polar surface area (TPSA) is 79.5 Å². The lowest BCUT2D eigenvalue weighted by atomic mass is 9.93. The number of pyridine rings is 1. The van der Waals surface area contributed by atoms with Crippen LogP contribution in [0.25, 0.3) is 0 Å². The zero-order valence-corrected chi connectivity index (χ0v) is 10.3. The molecule has 1 fully saturated rings. The van der Waals surface area contributed by atoms with Crippen LogP contribution in [0.15, 0.2) is 18.3 Å². The van der Waals surface area contributed by atoms with E-state index in [1.165, 1.54) is 12.3 Å². The number of nitrogens with zero attached hydrogens (tertiary/aromatic N) is 3. The van der Waals surface area contributed by atoms with Crippen LogP contribution >= 0.6 is 0 Å². The SMILES string of the molecule is CC(O)C1CCCN(c2ccc([N+](=O)[O-])cn2)C1. The van der Waals surface area contributed by atoms with Crippen molar-refractivity contribution in [3.05, 3.63) is 28.4 Å². The van der Waals surface area contributed by atoms with Gasteiger partial charge in [0.05, 0.1) is 11.0 Å². The van der Waals surface area contributed by atoms with Crippen LogP contribution in [0.4, 0.5) is 11.5 Å². The van der Waals surface area contributed by atoms with Crippen molar-refractivity contribution in [1.82, 2.24) is 4.98 Å². The van der Waals surface area contributed by atoms with Crippen LogP contribution in [0.1, 0.15) is 19.8 Å². The van der Waals surface area contributed by atoms with E-state index in [1.807, 2.05) is 0 Å². The van der Waals surface area contributed by atoms with E-state index in [9.17, 15) is 15.2 Å². The quantitative estimate of drug-likeness (QED) is 0.651. The second-order valence-electron chi connectivity index (χ2n) is 4.72. The Balaban J connectivity index is 2.09. The number of anilines is 1. The van der Waals surface area contributed by atoms with Gasteiger partial charge in [-0.3, -0.25) is 10.1 Å². The zero-order valence-electron chi connectivity index (χ0n) is 10.3. The Morgan fingerprint density at radius 3 is 2.94 bits per heavy atom. The van der Waals surface area contributed by atoms with Gasteiger partial charge in [0, 0.05) is 25.1 Å². The normalized spacial score (nSPS) is 21.7. The van der Waals surface area contributed by atoms with E-state index in [2.05, 4.69) is 9.88 Å². The molecular formula is C12H17N3O3. The van der Waals surface area contributed by atoms with Gasteiger partial charge in [0.2, 0.25) is 0 Å². The highest BCUT2D eigenvalue weighted by atomic mass is 16.6. The monoisotopic (exact) mass is 251 g/mol. The molecule has 2 unspecified atom stereocenters. The first-order chi connectivity index (χ1) is 8.58. The fourth-order valence-corrected chi connectivity index (χ4v) is 2.29. The Morgan fingerprint density at radius 1 is 1.61 bits per heavy atom. The molecule has 0 saturated carbocycles. The van der Waals surface area contributed by atoms with Gasteiger partial charge in [-0.1, -0.05) is 0 Å². The van der Waals surface area contributed by atoms with Gasteiger partial charge in [-0.2, -0.15) is 0 Å². The average molecular weight is 251 g/mol. The molecule has 0 aliphatic carbocycles. The predicted octanol–water partition coefficient (Wildman–Crippen LogP) is 1.59. The van der Waals surface area contributed by atoms with E-state index in [0.29, 0.717) is 0 Å². The van der Waals surface area contributed by atoms with E-state index in [-0.39, 0.29) is 17.7 Å². The molecule has 2 heterocycles. The first-order valence-corrected chi connectivity index (χ1v) is 6.11. The molecule has 1 aromatic heterocycles. The lowest BCUT2D eigenvalue weighted by Gasteiger charge is -2.34. The third kappa shape index (κ3) is 2.76. The van der Waals surface area contributed by atoms with Crippen LogP contribution in [-0.2, 0) is 0 Å². The second-order valence-corrected chi connectivity index (χ2v) is 4.72. The lowest BCUT2D eigenvalue weighted by Crippen LogP contribution is -2.39. The zero-order chi connectivity index (χ0) is 13.1. The van der Waals surface area contributed by atoms with E-state index in [0.717, 1.165) is 31.7 Å². The number of aromatic nitrogens is 1. The fourth-order valence-electron chi connectivity index (χ4n) is 2.29. The average Bonchev–Trinajstić information content (AvgIpc) is 2.39. The molecule has 2 rings (SSSR count). The molecule has 6 heteroatoms. The number of aliphatic hydroxyl groups is 1. The number of hydrogen-bond donors (Lipinski definition) is 1. The Labute approximate surface area is 105 Å². The van der Waals surface area contributed by atoms with Crippen molar-refractivity contribution in [3.8, 4) is 0 Å². The molecule has 1 aliphatic rings. The third-order valence-corrected chi connectivity index (χ3v) is 3.41. The molecule has 6 nitrogen and oxygen atoms in total. The highest BCUT2D eigenvalue weighted by molar-refractivity contribution is 5.43. The predicted molar refractivity (Wildman–Crippen MR) is 67.5 cm³/mol. The Bertz CT molecular complexity index is 419. The smallest absolute Gasteiger partial charge is 0.287 e. The minimum atomic E-state index is -0.453. The molecule has 0 amide bonds. The first-order valence-electron chi connectivity index (χ1n) is 6.11. The van der Waals surface area contributed by atoms with E-state index in [4.69, 9.17) is 0 Å². The summed E-state index contributed by atoms with van der Waals surface area (Å²) in [6.45, 7) is 3.44. The van der Waals surface area contributed by atoms with Crippen LogP contribution in [0, 0.1) is 16.0 Å². The lowest BCUT2D eigenvalue weighted by molar-refractivity contribution is -0.385. The summed E-state index contributed by atoms with van der Waals surface area (Å²) in [4.78, 5) is 16.3. The summed E-state index contributed by atoms with van der Waals surface area (Å²) >= 11 is 0. The second kappa shape index (κ2) is 5.30. The number of nitro groups is 1. The van der Waals surface area contributed by atoms with E-state index < -0.39 is 4.92 Å². The van der Waals surface area contributed by atoms with Gasteiger partial charge in [-0.05, 0) is 25.8 Å². The minimum Gasteiger partial charge on any atom is -0.393 e. The summed E-state index contributed by atoms with van der Waals surface area (Å²) in [6.07, 6.45) is 2.97. The van der Waals surface area contributed by atoms with Crippen LogP contribution in [0.5, 0.6) is 0 Å². The summed E-state index contributed by atoms with van der Waals surface area (Å²) in [7, 11) is 0. The molecule has 1 aromatic rings. The van der Waals surface area contributed by atoms with Gasteiger partial charge in [-0.25, -0.2) is 4.98 Å². The largest absolute Gasteiger partial charge is 0.393 e. The summed E-state index contributed by atoms with van der Waals surface area (Å²) in [6, 6.07) is 3.14. The molecule has 1 aliphatic heterocycles. The molecule has 0 radical (unpaired) electrons. The summed E-state index contributed by atoms with van der Waals surface area (Å²) < 4.78 is 0. The number of piperidine rings is 1. The van der Waals surface area contributed by atoms with Crippen LogP contribution in [0.3, 0.4) is 0 Å². The van der Waals surface area contributed by atoms with Crippen LogP contribution < -0.4 is 4.90 Å². The Hall–Kier alpha value is -1.69. The molecule has 1 saturated heterocycles. The summed E-state index contributed by atoms with van der Waals surface area (Å²) in [5.41, 5.74) is 0.00263. The Kier molecular flexibility index (Phi) is 3.76. The maximum absolute atomic E-state index is 10.5. The number of hydrogen-bond acceptors (Lipinski definition) is 5. The number of aliphatic hydroxyl groups excluding tert-OH is 1. The molecular weight excluding hydrogens is 234 g/mol. The van der Waals surface area contributed by atoms with Crippen molar-refractivity contribution in [2.75, 3.05) is 18.0 Å². The van der Waals surface area contributed by atoms with Gasteiger partial charge >= 0.3 is 0 Å². The van der Waals surface area contributed by atoms with E-state index >= 15 is 0 Å². The summed E-state index contributed by atoms with van der Waals surface area (Å²) in [5, 5.41) is 20.2. The van der Waals surface area contributed by atoms with Gasteiger partial charge < -0.3 is 10.0 Å². The highest BCUT2D eigenvalue weighted by Crippen LogP contribution is 2.24. The molecule has 98 valence electrons. The molecule has 0 bridgehead atoms. The molecule has 2 atom stereocenters. The van der Waals surface area contributed by atoms with Crippen molar-refractivity contribution in [2.45, 2.75) is 25.9 Å². The number of rotatable bonds is 3. The van der Waals surface area contributed by atoms with Crippen molar-refractivity contribution in [2.24, 2.45) is 5.92 Å². The molecule has 0 spiro atoms. The maximum Gasteiger partial charge on any atom is 0.287 e. The first kappa shape index (κ1) is 12.8. The van der Waals surface area contributed by atoms with Crippen molar-refractivity contribution >= 4 is 11.5 Å². The summed E-state index contributed by atoms with van der Waals surface area (Å²) in [5.74, 6) is 0.988. The van der Waals surface area contributed by atoms with Gasteiger partial charge in [0.1, 0.15) is 12.0 Å². The molecule has 0 aromatic carbocycles. The maximum atomic E-state index is 10.5. The Morgan fingerprint density at radius 2 is 2.39 bits per heavy atom.